The molecule has 0 aliphatic heterocycles. The van der Waals surface area contributed by atoms with E-state index in [4.69, 9.17) is 22.3 Å². The third kappa shape index (κ3) is 3.93. The number of thiazole rings is 1. The fourth-order valence-electron chi connectivity index (χ4n) is 3.88. The minimum absolute atomic E-state index is 0.160. The van der Waals surface area contributed by atoms with E-state index in [1.807, 2.05) is 30.3 Å². The van der Waals surface area contributed by atoms with Crippen LogP contribution in [0.15, 0.2) is 72.9 Å². The number of benzene rings is 2. The fourth-order valence-corrected chi connectivity index (χ4v) is 5.07. The molecule has 7 heteroatoms. The zero-order valence-electron chi connectivity index (χ0n) is 17.2. The number of anilines is 1. The van der Waals surface area contributed by atoms with Crippen molar-refractivity contribution in [3.8, 4) is 21.7 Å². The molecular weight excluding hydrogens is 440 g/mol. The molecule has 0 atom stereocenters. The van der Waals surface area contributed by atoms with Gasteiger partial charge in [-0.15, -0.1) is 0 Å². The Morgan fingerprint density at radius 2 is 1.75 bits per heavy atom. The van der Waals surface area contributed by atoms with Crippen molar-refractivity contribution < 1.29 is 4.79 Å². The fraction of sp³-hybridized carbons (Fsp3) is 0.160. The van der Waals surface area contributed by atoms with E-state index in [1.54, 1.807) is 18.3 Å². The van der Waals surface area contributed by atoms with Crippen molar-refractivity contribution in [2.24, 2.45) is 5.73 Å². The number of nitrogens with zero attached hydrogens (tertiary/aromatic N) is 2. The molecule has 1 aliphatic rings. The lowest BCUT2D eigenvalue weighted by atomic mass is 9.72. The van der Waals surface area contributed by atoms with Gasteiger partial charge in [0.25, 0.3) is 5.91 Å². The summed E-state index contributed by atoms with van der Waals surface area (Å²) in [6.45, 7) is 0. The van der Waals surface area contributed by atoms with Gasteiger partial charge in [-0.25, -0.2) is 9.97 Å². The first-order valence-corrected chi connectivity index (χ1v) is 11.6. The quantitative estimate of drug-likeness (QED) is 0.352. The summed E-state index contributed by atoms with van der Waals surface area (Å²) in [4.78, 5) is 22.5. The summed E-state index contributed by atoms with van der Waals surface area (Å²) in [6.07, 6.45) is 4.76. The van der Waals surface area contributed by atoms with Gasteiger partial charge in [0, 0.05) is 17.3 Å². The molecule has 1 fully saturated rings. The highest BCUT2D eigenvalue weighted by atomic mass is 35.5. The van der Waals surface area contributed by atoms with Crippen molar-refractivity contribution in [3.05, 3.63) is 89.2 Å². The van der Waals surface area contributed by atoms with E-state index < -0.39 is 0 Å². The van der Waals surface area contributed by atoms with Gasteiger partial charge in [0.15, 0.2) is 5.13 Å². The molecule has 0 saturated heterocycles. The molecule has 2 aromatic carbocycles. The molecule has 0 spiro atoms. The van der Waals surface area contributed by atoms with Gasteiger partial charge >= 0.3 is 0 Å². The lowest BCUT2D eigenvalue weighted by Gasteiger charge is -2.38. The molecule has 32 heavy (non-hydrogen) atoms. The van der Waals surface area contributed by atoms with Gasteiger partial charge in [0.1, 0.15) is 5.15 Å². The summed E-state index contributed by atoms with van der Waals surface area (Å²) in [6, 6.07) is 21.7. The van der Waals surface area contributed by atoms with Crippen LogP contribution in [-0.4, -0.2) is 15.9 Å². The lowest BCUT2D eigenvalue weighted by molar-refractivity contribution is 0.102. The number of rotatable bonds is 5. The van der Waals surface area contributed by atoms with E-state index in [2.05, 4.69) is 34.6 Å². The number of nitrogens with one attached hydrogen (secondary N) is 1. The molecule has 4 aromatic rings. The predicted molar refractivity (Wildman–Crippen MR) is 130 cm³/mol. The first kappa shape index (κ1) is 20.8. The van der Waals surface area contributed by atoms with Gasteiger partial charge in [-0.1, -0.05) is 77.5 Å². The summed E-state index contributed by atoms with van der Waals surface area (Å²) in [5.74, 6) is -0.339. The molecule has 5 nitrogen and oxygen atoms in total. The van der Waals surface area contributed by atoms with Crippen LogP contribution in [0.25, 0.3) is 21.7 Å². The maximum absolute atomic E-state index is 12.7. The monoisotopic (exact) mass is 460 g/mol. The van der Waals surface area contributed by atoms with E-state index in [0.717, 1.165) is 40.1 Å². The topological polar surface area (TPSA) is 80.9 Å². The standard InChI is InChI=1S/C25H21ClN4OS/c26-22-19(8-4-15-28-22)23(31)30-24-29-20(21(32-24)17-6-2-1-3-7-17)16-9-11-18(12-10-16)25(27)13-5-14-25/h1-4,6-12,15H,5,13-14,27H2,(H,29,30,31). The lowest BCUT2D eigenvalue weighted by Crippen LogP contribution is -2.43. The van der Waals surface area contributed by atoms with Crippen LogP contribution >= 0.6 is 22.9 Å². The first-order chi connectivity index (χ1) is 15.5. The Bertz CT molecular complexity index is 1270. The number of carbonyl (C=O) groups excluding carboxylic acids is 1. The highest BCUT2D eigenvalue weighted by Crippen LogP contribution is 2.42. The van der Waals surface area contributed by atoms with Crippen molar-refractivity contribution in [1.29, 1.82) is 0 Å². The Labute approximate surface area is 195 Å². The normalized spacial score (nSPS) is 14.6. The molecule has 2 aromatic heterocycles. The largest absolute Gasteiger partial charge is 0.321 e. The molecule has 5 rings (SSSR count). The first-order valence-electron chi connectivity index (χ1n) is 10.4. The van der Waals surface area contributed by atoms with E-state index in [9.17, 15) is 4.79 Å². The highest BCUT2D eigenvalue weighted by Gasteiger charge is 2.34. The van der Waals surface area contributed by atoms with Gasteiger partial charge in [-0.2, -0.15) is 0 Å². The average Bonchev–Trinajstić information content (AvgIpc) is 3.22. The zero-order valence-corrected chi connectivity index (χ0v) is 18.8. The number of halogens is 1. The van der Waals surface area contributed by atoms with Gasteiger partial charge in [0.2, 0.25) is 0 Å². The Morgan fingerprint density at radius 1 is 1.00 bits per heavy atom. The molecular formula is C25H21ClN4OS. The van der Waals surface area contributed by atoms with Crippen molar-refractivity contribution >= 4 is 34.0 Å². The Morgan fingerprint density at radius 3 is 2.41 bits per heavy atom. The second-order valence-electron chi connectivity index (χ2n) is 7.95. The van der Waals surface area contributed by atoms with Crippen LogP contribution in [-0.2, 0) is 5.54 Å². The van der Waals surface area contributed by atoms with E-state index in [0.29, 0.717) is 10.7 Å². The summed E-state index contributed by atoms with van der Waals surface area (Å²) < 4.78 is 0. The van der Waals surface area contributed by atoms with Crippen LogP contribution in [0.5, 0.6) is 0 Å². The Balaban J connectivity index is 1.51. The summed E-state index contributed by atoms with van der Waals surface area (Å²) in [5, 5.41) is 3.54. The van der Waals surface area contributed by atoms with Crippen LogP contribution in [0.3, 0.4) is 0 Å². The van der Waals surface area contributed by atoms with Gasteiger partial charge in [-0.3, -0.25) is 10.1 Å². The maximum Gasteiger partial charge on any atom is 0.260 e. The molecule has 1 aliphatic carbocycles. The molecule has 160 valence electrons. The number of carbonyl (C=O) groups is 1. The van der Waals surface area contributed by atoms with E-state index in [1.165, 1.54) is 17.8 Å². The van der Waals surface area contributed by atoms with Crippen LogP contribution in [0.4, 0.5) is 5.13 Å². The molecule has 0 bridgehead atoms. The number of hydrogen-bond donors (Lipinski definition) is 2. The molecule has 1 amide bonds. The van der Waals surface area contributed by atoms with Crippen LogP contribution in [0.1, 0.15) is 35.2 Å². The molecule has 0 radical (unpaired) electrons. The third-order valence-electron chi connectivity index (χ3n) is 5.87. The number of amides is 1. The van der Waals surface area contributed by atoms with Crippen LogP contribution in [0.2, 0.25) is 5.15 Å². The van der Waals surface area contributed by atoms with E-state index >= 15 is 0 Å². The van der Waals surface area contributed by atoms with E-state index in [-0.39, 0.29) is 16.6 Å². The highest BCUT2D eigenvalue weighted by molar-refractivity contribution is 7.19. The second-order valence-corrected chi connectivity index (χ2v) is 9.30. The third-order valence-corrected chi connectivity index (χ3v) is 7.19. The minimum Gasteiger partial charge on any atom is -0.321 e. The summed E-state index contributed by atoms with van der Waals surface area (Å²) in [7, 11) is 0. The van der Waals surface area contributed by atoms with Crippen molar-refractivity contribution in [2.75, 3.05) is 5.32 Å². The second kappa shape index (κ2) is 8.47. The number of pyridine rings is 1. The SMILES string of the molecule is NC1(c2ccc(-c3nc(NC(=O)c4cccnc4Cl)sc3-c3ccccc3)cc2)CCC1. The molecule has 1 saturated carbocycles. The van der Waals surface area contributed by atoms with Crippen molar-refractivity contribution in [1.82, 2.24) is 9.97 Å². The molecule has 3 N–H and O–H groups in total. The van der Waals surface area contributed by atoms with Gasteiger partial charge in [0.05, 0.1) is 16.1 Å². The zero-order chi connectivity index (χ0) is 22.1. The van der Waals surface area contributed by atoms with Crippen molar-refractivity contribution in [3.63, 3.8) is 0 Å². The number of hydrogen-bond acceptors (Lipinski definition) is 5. The number of aromatic nitrogens is 2. The smallest absolute Gasteiger partial charge is 0.260 e. The maximum atomic E-state index is 12.7. The Kier molecular flexibility index (Phi) is 5.51. The van der Waals surface area contributed by atoms with Gasteiger partial charge < -0.3 is 5.73 Å². The van der Waals surface area contributed by atoms with Crippen LogP contribution < -0.4 is 11.1 Å². The average molecular weight is 461 g/mol. The van der Waals surface area contributed by atoms with Crippen molar-refractivity contribution in [2.45, 2.75) is 24.8 Å². The molecule has 0 unspecified atom stereocenters. The Hall–Kier alpha value is -3.06. The predicted octanol–water partition coefficient (Wildman–Crippen LogP) is 6.12. The summed E-state index contributed by atoms with van der Waals surface area (Å²) >= 11 is 7.51. The van der Waals surface area contributed by atoms with Crippen LogP contribution in [0, 0.1) is 0 Å². The minimum atomic E-state index is -0.339. The summed E-state index contributed by atoms with van der Waals surface area (Å²) in [5.41, 5.74) is 10.6. The number of nitrogens with two attached hydrogens (primary N) is 1. The van der Waals surface area contributed by atoms with Gasteiger partial charge in [-0.05, 0) is 42.5 Å². The molecule has 2 heterocycles.